The standard InChI is InChI=1S/C25H28N4O4/c1-18-4-6-19(7-5-18)23-8-9-24(27-26-23)28-10-12-29(13-11-28)25(30)17-33-22-15-20(31-2)14-21(16-22)32-3/h4-9,14-16H,10-13,17H2,1-3H3. The quantitative estimate of drug-likeness (QED) is 0.549. The number of ether oxygens (including phenoxy) is 3. The molecule has 0 unspecified atom stereocenters. The topological polar surface area (TPSA) is 77.0 Å². The van der Waals surface area contributed by atoms with Crippen LogP contribution in [0.15, 0.2) is 54.6 Å². The largest absolute Gasteiger partial charge is 0.496 e. The predicted molar refractivity (Wildman–Crippen MR) is 126 cm³/mol. The Kier molecular flexibility index (Phi) is 6.92. The molecule has 1 saturated heterocycles. The van der Waals surface area contributed by atoms with Gasteiger partial charge in [0.05, 0.1) is 19.9 Å². The van der Waals surface area contributed by atoms with Crippen molar-refractivity contribution in [2.75, 3.05) is 51.9 Å². The lowest BCUT2D eigenvalue weighted by Crippen LogP contribution is -2.50. The first-order chi connectivity index (χ1) is 16.1. The lowest BCUT2D eigenvalue weighted by molar-refractivity contribution is -0.133. The molecule has 0 N–H and O–H groups in total. The van der Waals surface area contributed by atoms with Gasteiger partial charge in [-0.15, -0.1) is 10.2 Å². The predicted octanol–water partition coefficient (Wildman–Crippen LogP) is 3.20. The third-order valence-corrected chi connectivity index (χ3v) is 5.64. The summed E-state index contributed by atoms with van der Waals surface area (Å²) >= 11 is 0. The van der Waals surface area contributed by atoms with Crippen molar-refractivity contribution in [2.45, 2.75) is 6.92 Å². The van der Waals surface area contributed by atoms with Crippen molar-refractivity contribution in [3.05, 3.63) is 60.2 Å². The van der Waals surface area contributed by atoms with Crippen molar-refractivity contribution in [1.82, 2.24) is 15.1 Å². The maximum atomic E-state index is 12.6. The van der Waals surface area contributed by atoms with Gasteiger partial charge in [0.25, 0.3) is 5.91 Å². The molecule has 1 aromatic heterocycles. The van der Waals surface area contributed by atoms with Gasteiger partial charge in [0.1, 0.15) is 17.2 Å². The molecule has 8 nitrogen and oxygen atoms in total. The van der Waals surface area contributed by atoms with E-state index in [2.05, 4.69) is 34.2 Å². The number of methoxy groups -OCH3 is 2. The van der Waals surface area contributed by atoms with Gasteiger partial charge >= 0.3 is 0 Å². The minimum atomic E-state index is -0.0581. The van der Waals surface area contributed by atoms with Crippen LogP contribution in [0, 0.1) is 6.92 Å². The minimum Gasteiger partial charge on any atom is -0.496 e. The minimum absolute atomic E-state index is 0.0403. The number of nitrogens with zero attached hydrogens (tertiary/aromatic N) is 4. The molecule has 33 heavy (non-hydrogen) atoms. The van der Waals surface area contributed by atoms with E-state index in [-0.39, 0.29) is 12.5 Å². The van der Waals surface area contributed by atoms with Crippen LogP contribution in [0.2, 0.25) is 0 Å². The van der Waals surface area contributed by atoms with Gasteiger partial charge in [-0.2, -0.15) is 0 Å². The van der Waals surface area contributed by atoms with Gasteiger partial charge in [-0.3, -0.25) is 4.79 Å². The molecule has 2 heterocycles. The number of anilines is 1. The van der Waals surface area contributed by atoms with Crippen molar-refractivity contribution >= 4 is 11.7 Å². The van der Waals surface area contributed by atoms with Crippen molar-refractivity contribution in [1.29, 1.82) is 0 Å². The van der Waals surface area contributed by atoms with E-state index in [0.717, 1.165) is 17.1 Å². The zero-order chi connectivity index (χ0) is 23.2. The zero-order valence-corrected chi connectivity index (χ0v) is 19.2. The first-order valence-corrected chi connectivity index (χ1v) is 10.8. The number of hydrogen-bond donors (Lipinski definition) is 0. The Bertz CT molecular complexity index is 1060. The zero-order valence-electron chi connectivity index (χ0n) is 19.2. The average Bonchev–Trinajstić information content (AvgIpc) is 2.87. The molecule has 4 rings (SSSR count). The fraction of sp³-hybridized carbons (Fsp3) is 0.320. The highest BCUT2D eigenvalue weighted by Crippen LogP contribution is 2.27. The lowest BCUT2D eigenvalue weighted by Gasteiger charge is -2.35. The van der Waals surface area contributed by atoms with E-state index in [0.29, 0.717) is 43.4 Å². The molecule has 0 atom stereocenters. The van der Waals surface area contributed by atoms with Gasteiger partial charge in [0.15, 0.2) is 12.4 Å². The number of benzene rings is 2. The number of rotatable bonds is 7. The molecule has 0 aliphatic carbocycles. The fourth-order valence-corrected chi connectivity index (χ4v) is 3.66. The SMILES string of the molecule is COc1cc(OC)cc(OCC(=O)N2CCN(c3ccc(-c4ccc(C)cc4)nn3)CC2)c1. The van der Waals surface area contributed by atoms with Crippen LogP contribution >= 0.6 is 0 Å². The van der Waals surface area contributed by atoms with Crippen molar-refractivity contribution < 1.29 is 19.0 Å². The Morgan fingerprint density at radius 2 is 1.48 bits per heavy atom. The van der Waals surface area contributed by atoms with Crippen LogP contribution in [0.4, 0.5) is 5.82 Å². The normalized spacial score (nSPS) is 13.5. The number of carbonyl (C=O) groups is 1. The molecule has 1 fully saturated rings. The third-order valence-electron chi connectivity index (χ3n) is 5.64. The molecule has 0 saturated carbocycles. The second kappa shape index (κ2) is 10.2. The molecular formula is C25H28N4O4. The number of aryl methyl sites for hydroxylation is 1. The monoisotopic (exact) mass is 448 g/mol. The van der Waals surface area contributed by atoms with Gasteiger partial charge in [0.2, 0.25) is 0 Å². The number of hydrogen-bond acceptors (Lipinski definition) is 7. The molecule has 0 radical (unpaired) electrons. The van der Waals surface area contributed by atoms with Crippen LogP contribution in [0.1, 0.15) is 5.56 Å². The molecule has 1 aliphatic rings. The summed E-state index contributed by atoms with van der Waals surface area (Å²) in [5.41, 5.74) is 3.10. The van der Waals surface area contributed by atoms with Crippen LogP contribution in [0.5, 0.6) is 17.2 Å². The molecule has 8 heteroatoms. The van der Waals surface area contributed by atoms with Gasteiger partial charge in [-0.25, -0.2) is 0 Å². The molecular weight excluding hydrogens is 420 g/mol. The number of amides is 1. The molecule has 172 valence electrons. The van der Waals surface area contributed by atoms with Gasteiger partial charge in [-0.1, -0.05) is 29.8 Å². The Morgan fingerprint density at radius 3 is 2.06 bits per heavy atom. The summed E-state index contributed by atoms with van der Waals surface area (Å²) in [4.78, 5) is 16.6. The van der Waals surface area contributed by atoms with Gasteiger partial charge in [0, 0.05) is 49.9 Å². The Balaban J connectivity index is 1.29. The van der Waals surface area contributed by atoms with Crippen LogP contribution in [-0.4, -0.2) is 68.0 Å². The van der Waals surface area contributed by atoms with E-state index in [1.807, 2.05) is 29.2 Å². The molecule has 2 aromatic carbocycles. The Labute approximate surface area is 193 Å². The first kappa shape index (κ1) is 22.4. The van der Waals surface area contributed by atoms with Gasteiger partial charge in [-0.05, 0) is 19.1 Å². The van der Waals surface area contributed by atoms with Crippen LogP contribution in [0.3, 0.4) is 0 Å². The maximum Gasteiger partial charge on any atom is 0.260 e. The second-order valence-electron chi connectivity index (χ2n) is 7.85. The highest BCUT2D eigenvalue weighted by atomic mass is 16.5. The molecule has 0 bridgehead atoms. The molecule has 1 amide bonds. The van der Waals surface area contributed by atoms with Crippen molar-refractivity contribution in [3.8, 4) is 28.5 Å². The van der Waals surface area contributed by atoms with E-state index < -0.39 is 0 Å². The van der Waals surface area contributed by atoms with E-state index >= 15 is 0 Å². The van der Waals surface area contributed by atoms with Crippen molar-refractivity contribution in [3.63, 3.8) is 0 Å². The van der Waals surface area contributed by atoms with Gasteiger partial charge < -0.3 is 24.0 Å². The summed E-state index contributed by atoms with van der Waals surface area (Å²) < 4.78 is 16.2. The Morgan fingerprint density at radius 1 is 0.848 bits per heavy atom. The third kappa shape index (κ3) is 5.52. The Hall–Kier alpha value is -3.81. The highest BCUT2D eigenvalue weighted by molar-refractivity contribution is 5.78. The van der Waals surface area contributed by atoms with E-state index in [1.165, 1.54) is 5.56 Å². The maximum absolute atomic E-state index is 12.6. The fourth-order valence-electron chi connectivity index (χ4n) is 3.66. The van der Waals surface area contributed by atoms with Crippen LogP contribution in [0.25, 0.3) is 11.3 Å². The second-order valence-corrected chi connectivity index (χ2v) is 7.85. The van der Waals surface area contributed by atoms with Crippen LogP contribution in [-0.2, 0) is 4.79 Å². The summed E-state index contributed by atoms with van der Waals surface area (Å²) in [5.74, 6) is 2.51. The summed E-state index contributed by atoms with van der Waals surface area (Å²) in [6.07, 6.45) is 0. The first-order valence-electron chi connectivity index (χ1n) is 10.8. The van der Waals surface area contributed by atoms with Crippen LogP contribution < -0.4 is 19.1 Å². The molecule has 3 aromatic rings. The lowest BCUT2D eigenvalue weighted by atomic mass is 10.1. The summed E-state index contributed by atoms with van der Waals surface area (Å²) in [5, 5.41) is 8.79. The summed E-state index contributed by atoms with van der Waals surface area (Å²) in [7, 11) is 3.15. The molecule has 0 spiro atoms. The average molecular weight is 449 g/mol. The number of piperazine rings is 1. The smallest absolute Gasteiger partial charge is 0.260 e. The van der Waals surface area contributed by atoms with Crippen molar-refractivity contribution in [2.24, 2.45) is 0 Å². The number of aromatic nitrogens is 2. The number of carbonyl (C=O) groups excluding carboxylic acids is 1. The summed E-state index contributed by atoms with van der Waals surface area (Å²) in [6, 6.07) is 17.4. The summed E-state index contributed by atoms with van der Waals surface area (Å²) in [6.45, 7) is 4.61. The molecule has 1 aliphatic heterocycles. The highest BCUT2D eigenvalue weighted by Gasteiger charge is 2.22. The van der Waals surface area contributed by atoms with E-state index in [9.17, 15) is 4.79 Å². The van der Waals surface area contributed by atoms with E-state index in [4.69, 9.17) is 14.2 Å². The van der Waals surface area contributed by atoms with E-state index in [1.54, 1.807) is 32.4 Å².